The van der Waals surface area contributed by atoms with Crippen molar-refractivity contribution in [2.45, 2.75) is 58.3 Å². The summed E-state index contributed by atoms with van der Waals surface area (Å²) in [5.74, 6) is -1.09. The zero-order valence-electron chi connectivity index (χ0n) is 17.4. The van der Waals surface area contributed by atoms with Crippen molar-refractivity contribution in [2.75, 3.05) is 26.4 Å². The summed E-state index contributed by atoms with van der Waals surface area (Å²) in [7, 11) is 0. The first kappa shape index (κ1) is 24.7. The number of unbranched alkanes of at least 4 members (excludes halogenated alkanes) is 6. The fourth-order valence-corrected chi connectivity index (χ4v) is 2.75. The predicted molar refractivity (Wildman–Crippen MR) is 112 cm³/mol. The lowest BCUT2D eigenvalue weighted by atomic mass is 10.0. The Bertz CT molecular complexity index is 594. The van der Waals surface area contributed by atoms with E-state index in [1.54, 1.807) is 0 Å². The molecule has 1 aromatic carbocycles. The molecule has 0 aliphatic heterocycles. The summed E-state index contributed by atoms with van der Waals surface area (Å²) in [6.07, 6.45) is 11.9. The smallest absolute Gasteiger partial charge is 0.331 e. The third-order valence-corrected chi connectivity index (χ3v) is 4.32. The van der Waals surface area contributed by atoms with E-state index in [1.165, 1.54) is 50.5 Å². The lowest BCUT2D eigenvalue weighted by Gasteiger charge is -2.08. The van der Waals surface area contributed by atoms with Gasteiger partial charge in [0.25, 0.3) is 0 Å². The number of hydrogen-bond acceptors (Lipinski definition) is 5. The summed E-state index contributed by atoms with van der Waals surface area (Å²) >= 11 is 0. The van der Waals surface area contributed by atoms with Gasteiger partial charge in [-0.2, -0.15) is 0 Å². The monoisotopic (exact) mass is 406 g/mol. The summed E-state index contributed by atoms with van der Waals surface area (Å²) in [5.41, 5.74) is 1.33. The molecular weight excluding hydrogens is 372 g/mol. The molecule has 0 saturated carbocycles. The van der Waals surface area contributed by atoms with Crippen LogP contribution in [0.1, 0.15) is 57.4 Å². The van der Waals surface area contributed by atoms with Gasteiger partial charge < -0.3 is 19.3 Å². The second-order valence-electron chi connectivity index (χ2n) is 6.82. The van der Waals surface area contributed by atoms with Gasteiger partial charge in [-0.3, -0.25) is 0 Å². The second-order valence-corrected chi connectivity index (χ2v) is 6.82. The molecule has 0 atom stereocenters. The molecule has 0 bridgehead atoms. The predicted octanol–water partition coefficient (Wildman–Crippen LogP) is 4.56. The zero-order chi connectivity index (χ0) is 21.2. The molecule has 6 nitrogen and oxygen atoms in total. The Morgan fingerprint density at radius 1 is 0.862 bits per heavy atom. The third kappa shape index (κ3) is 14.3. The van der Waals surface area contributed by atoms with Crippen LogP contribution in [0.25, 0.3) is 0 Å². The molecule has 0 amide bonds. The van der Waals surface area contributed by atoms with E-state index in [-0.39, 0.29) is 13.2 Å². The molecule has 1 rings (SSSR count). The average molecular weight is 407 g/mol. The lowest BCUT2D eigenvalue weighted by molar-refractivity contribution is -0.140. The lowest BCUT2D eigenvalue weighted by Crippen LogP contribution is -2.12. The van der Waals surface area contributed by atoms with Gasteiger partial charge in [-0.25, -0.2) is 9.59 Å². The number of benzene rings is 1. The molecule has 0 heterocycles. The van der Waals surface area contributed by atoms with Gasteiger partial charge in [0.15, 0.2) is 0 Å². The number of esters is 1. The molecule has 0 saturated heterocycles. The van der Waals surface area contributed by atoms with Crippen molar-refractivity contribution < 1.29 is 28.9 Å². The number of rotatable bonds is 17. The number of carbonyl (C=O) groups is 2. The van der Waals surface area contributed by atoms with E-state index in [0.717, 1.165) is 24.3 Å². The van der Waals surface area contributed by atoms with Gasteiger partial charge in [-0.05, 0) is 30.5 Å². The van der Waals surface area contributed by atoms with Crippen LogP contribution in [0.15, 0.2) is 36.4 Å². The topological polar surface area (TPSA) is 82.1 Å². The van der Waals surface area contributed by atoms with Gasteiger partial charge in [-0.15, -0.1) is 0 Å². The van der Waals surface area contributed by atoms with Crippen LogP contribution in [0.2, 0.25) is 0 Å². The minimum atomic E-state index is -1.19. The van der Waals surface area contributed by atoms with E-state index >= 15 is 0 Å². The van der Waals surface area contributed by atoms with E-state index in [2.05, 4.69) is 19.1 Å². The number of hydrogen-bond donors (Lipinski definition) is 1. The van der Waals surface area contributed by atoms with Crippen molar-refractivity contribution in [1.29, 1.82) is 0 Å². The highest BCUT2D eigenvalue weighted by atomic mass is 16.6. The summed E-state index contributed by atoms with van der Waals surface area (Å²) in [4.78, 5) is 21.4. The highest BCUT2D eigenvalue weighted by Gasteiger charge is 2.00. The standard InChI is InChI=1S/C23H34O6/c1-2-3-4-5-6-7-8-9-20-10-12-21(13-11-20)28-18-16-27-17-19-29-23(26)15-14-22(24)25/h10-15H,2-9,16-19H2,1H3,(H,24,25). The Balaban J connectivity index is 2.02. The highest BCUT2D eigenvalue weighted by molar-refractivity contribution is 5.90. The first-order chi connectivity index (χ1) is 14.1. The normalized spacial score (nSPS) is 10.9. The Morgan fingerprint density at radius 3 is 2.21 bits per heavy atom. The molecular formula is C23H34O6. The average Bonchev–Trinajstić information content (AvgIpc) is 2.72. The van der Waals surface area contributed by atoms with Gasteiger partial charge in [0.05, 0.1) is 13.2 Å². The van der Waals surface area contributed by atoms with Crippen LogP contribution in [0.3, 0.4) is 0 Å². The number of carbonyl (C=O) groups excluding carboxylic acids is 1. The number of carboxylic acid groups (broad SMARTS) is 1. The minimum Gasteiger partial charge on any atom is -0.491 e. The first-order valence-electron chi connectivity index (χ1n) is 10.5. The van der Waals surface area contributed by atoms with Crippen molar-refractivity contribution >= 4 is 11.9 Å². The molecule has 162 valence electrons. The fourth-order valence-electron chi connectivity index (χ4n) is 2.75. The summed E-state index contributed by atoms with van der Waals surface area (Å²) in [5, 5.41) is 8.39. The second kappa shape index (κ2) is 16.6. The molecule has 0 aliphatic carbocycles. The Morgan fingerprint density at radius 2 is 1.52 bits per heavy atom. The van der Waals surface area contributed by atoms with Crippen molar-refractivity contribution in [3.63, 3.8) is 0 Å². The largest absolute Gasteiger partial charge is 0.491 e. The highest BCUT2D eigenvalue weighted by Crippen LogP contribution is 2.15. The van der Waals surface area contributed by atoms with Gasteiger partial charge in [-0.1, -0.05) is 57.6 Å². The molecule has 1 N–H and O–H groups in total. The van der Waals surface area contributed by atoms with E-state index in [9.17, 15) is 9.59 Å². The van der Waals surface area contributed by atoms with Crippen molar-refractivity contribution in [3.8, 4) is 5.75 Å². The molecule has 0 aliphatic rings. The SMILES string of the molecule is CCCCCCCCCc1ccc(OCCOCCOC(=O)C=CC(=O)O)cc1. The van der Waals surface area contributed by atoms with Crippen LogP contribution < -0.4 is 4.74 Å². The van der Waals surface area contributed by atoms with E-state index in [1.807, 2.05) is 12.1 Å². The third-order valence-electron chi connectivity index (χ3n) is 4.32. The number of carboxylic acids is 1. The van der Waals surface area contributed by atoms with Gasteiger partial charge in [0.2, 0.25) is 0 Å². The first-order valence-corrected chi connectivity index (χ1v) is 10.5. The van der Waals surface area contributed by atoms with E-state index in [4.69, 9.17) is 19.3 Å². The summed E-state index contributed by atoms with van der Waals surface area (Å²) in [6.45, 7) is 3.32. The van der Waals surface area contributed by atoms with Crippen molar-refractivity contribution in [2.24, 2.45) is 0 Å². The maximum absolute atomic E-state index is 11.1. The molecule has 0 radical (unpaired) electrons. The number of aliphatic carboxylic acids is 1. The van der Waals surface area contributed by atoms with Crippen molar-refractivity contribution in [3.05, 3.63) is 42.0 Å². The van der Waals surface area contributed by atoms with E-state index in [0.29, 0.717) is 13.2 Å². The quantitative estimate of drug-likeness (QED) is 0.232. The van der Waals surface area contributed by atoms with Gasteiger partial charge in [0.1, 0.15) is 19.0 Å². The van der Waals surface area contributed by atoms with Crippen LogP contribution in [0.4, 0.5) is 0 Å². The molecule has 0 unspecified atom stereocenters. The van der Waals surface area contributed by atoms with Crippen LogP contribution in [-0.4, -0.2) is 43.5 Å². The van der Waals surface area contributed by atoms with Crippen LogP contribution in [-0.2, 0) is 25.5 Å². The summed E-state index contributed by atoms with van der Waals surface area (Å²) < 4.78 is 15.7. The van der Waals surface area contributed by atoms with Gasteiger partial charge in [0, 0.05) is 12.2 Å². The number of ether oxygens (including phenoxy) is 3. The molecule has 1 aromatic rings. The Labute approximate surface area is 173 Å². The summed E-state index contributed by atoms with van der Waals surface area (Å²) in [6, 6.07) is 8.18. The van der Waals surface area contributed by atoms with Crippen LogP contribution >= 0.6 is 0 Å². The van der Waals surface area contributed by atoms with Gasteiger partial charge >= 0.3 is 11.9 Å². The Hall–Kier alpha value is -2.34. The minimum absolute atomic E-state index is 0.0656. The zero-order valence-corrected chi connectivity index (χ0v) is 17.4. The van der Waals surface area contributed by atoms with E-state index < -0.39 is 11.9 Å². The fraction of sp³-hybridized carbons (Fsp3) is 0.565. The van der Waals surface area contributed by atoms with Crippen LogP contribution in [0.5, 0.6) is 5.75 Å². The molecule has 0 fully saturated rings. The molecule has 6 heteroatoms. The van der Waals surface area contributed by atoms with Crippen molar-refractivity contribution in [1.82, 2.24) is 0 Å². The molecule has 29 heavy (non-hydrogen) atoms. The number of aryl methyl sites for hydroxylation is 1. The molecule has 0 spiro atoms. The maximum Gasteiger partial charge on any atom is 0.331 e. The molecule has 0 aromatic heterocycles. The van der Waals surface area contributed by atoms with Crippen LogP contribution in [0, 0.1) is 0 Å². The Kier molecular flexibility index (Phi) is 14.1. The maximum atomic E-state index is 11.1.